The number of benzene rings is 1. The first kappa shape index (κ1) is 15.4. The van der Waals surface area contributed by atoms with Crippen LogP contribution in [0.5, 0.6) is 0 Å². The molecule has 19 heavy (non-hydrogen) atoms. The molecule has 1 aromatic carbocycles. The van der Waals surface area contributed by atoms with E-state index in [1.165, 1.54) is 12.1 Å². The fourth-order valence-electron chi connectivity index (χ4n) is 1.19. The van der Waals surface area contributed by atoms with E-state index in [-0.39, 0.29) is 29.5 Å². The molecule has 1 rings (SSSR count). The van der Waals surface area contributed by atoms with Crippen molar-refractivity contribution in [1.29, 1.82) is 0 Å². The van der Waals surface area contributed by atoms with Gasteiger partial charge in [-0.05, 0) is 30.8 Å². The Bertz CT molecular complexity index is 541. The van der Waals surface area contributed by atoms with Gasteiger partial charge in [-0.2, -0.15) is 0 Å². The normalized spacial score (nSPS) is 10.7. The number of carboxylic acids is 1. The van der Waals surface area contributed by atoms with Crippen molar-refractivity contribution in [1.82, 2.24) is 4.72 Å². The first-order chi connectivity index (χ1) is 8.92. The third-order valence-corrected chi connectivity index (χ3v) is 3.74. The topological polar surface area (TPSA) is 92.7 Å². The highest BCUT2D eigenvalue weighted by Gasteiger charge is 2.15. The molecule has 0 aromatic heterocycles. The summed E-state index contributed by atoms with van der Waals surface area (Å²) in [6, 6.07) is 7.72. The van der Waals surface area contributed by atoms with Gasteiger partial charge in [-0.25, -0.2) is 13.1 Å². The van der Waals surface area contributed by atoms with E-state index in [1.807, 2.05) is 0 Å². The van der Waals surface area contributed by atoms with Crippen LogP contribution in [0.4, 0.5) is 0 Å². The second kappa shape index (κ2) is 7.05. The van der Waals surface area contributed by atoms with Crippen LogP contribution >= 0.6 is 12.2 Å². The van der Waals surface area contributed by atoms with Gasteiger partial charge < -0.3 is 9.84 Å². The SMILES string of the molecule is O=C(O)CCCOC(=S)NS(=O)(=O)c1ccccc1. The Morgan fingerprint density at radius 3 is 2.53 bits per heavy atom. The van der Waals surface area contributed by atoms with Gasteiger partial charge in [-0.1, -0.05) is 18.2 Å². The predicted octanol–water partition coefficient (Wildman–Crippen LogP) is 1.13. The summed E-state index contributed by atoms with van der Waals surface area (Å²) in [4.78, 5) is 10.3. The quantitative estimate of drug-likeness (QED) is 0.604. The van der Waals surface area contributed by atoms with E-state index >= 15 is 0 Å². The molecule has 0 saturated heterocycles. The fraction of sp³-hybridized carbons (Fsp3) is 0.273. The van der Waals surface area contributed by atoms with Gasteiger partial charge in [0.05, 0.1) is 11.5 Å². The van der Waals surface area contributed by atoms with Gasteiger partial charge in [-0.15, -0.1) is 0 Å². The Hall–Kier alpha value is -1.67. The lowest BCUT2D eigenvalue weighted by molar-refractivity contribution is -0.137. The fourth-order valence-corrected chi connectivity index (χ4v) is 2.51. The maximum Gasteiger partial charge on any atom is 0.303 e. The van der Waals surface area contributed by atoms with Crippen LogP contribution in [0.25, 0.3) is 0 Å². The molecule has 104 valence electrons. The van der Waals surface area contributed by atoms with E-state index < -0.39 is 16.0 Å². The predicted molar refractivity (Wildman–Crippen MR) is 72.2 cm³/mol. The van der Waals surface area contributed by atoms with Gasteiger partial charge in [-0.3, -0.25) is 4.79 Å². The third-order valence-electron chi connectivity index (χ3n) is 2.04. The Morgan fingerprint density at radius 1 is 1.32 bits per heavy atom. The van der Waals surface area contributed by atoms with E-state index in [9.17, 15) is 13.2 Å². The number of ether oxygens (including phenoxy) is 1. The van der Waals surface area contributed by atoms with E-state index in [2.05, 4.69) is 4.72 Å². The van der Waals surface area contributed by atoms with Gasteiger partial charge >= 0.3 is 5.97 Å². The Kier molecular flexibility index (Phi) is 5.71. The highest BCUT2D eigenvalue weighted by Crippen LogP contribution is 2.07. The molecule has 6 nitrogen and oxygen atoms in total. The molecule has 8 heteroatoms. The molecule has 0 aliphatic carbocycles. The zero-order chi connectivity index (χ0) is 14.3. The number of sulfonamides is 1. The molecule has 0 atom stereocenters. The van der Waals surface area contributed by atoms with Crippen LogP contribution in [0.1, 0.15) is 12.8 Å². The van der Waals surface area contributed by atoms with Gasteiger partial charge in [0.1, 0.15) is 0 Å². The molecule has 0 aliphatic heterocycles. The van der Waals surface area contributed by atoms with Crippen LogP contribution in [0, 0.1) is 0 Å². The van der Waals surface area contributed by atoms with E-state index in [4.69, 9.17) is 22.1 Å². The van der Waals surface area contributed by atoms with Gasteiger partial charge in [0, 0.05) is 6.42 Å². The average Bonchev–Trinajstić information content (AvgIpc) is 2.35. The van der Waals surface area contributed by atoms with Gasteiger partial charge in [0.2, 0.25) is 0 Å². The Balaban J connectivity index is 2.46. The second-order valence-corrected chi connectivity index (χ2v) is 5.60. The van der Waals surface area contributed by atoms with E-state index in [1.54, 1.807) is 18.2 Å². The van der Waals surface area contributed by atoms with Crippen LogP contribution < -0.4 is 4.72 Å². The zero-order valence-corrected chi connectivity index (χ0v) is 11.5. The monoisotopic (exact) mass is 303 g/mol. The number of rotatable bonds is 6. The zero-order valence-electron chi connectivity index (χ0n) is 9.90. The van der Waals surface area contributed by atoms with Crippen molar-refractivity contribution in [2.24, 2.45) is 0 Å². The van der Waals surface area contributed by atoms with Crippen molar-refractivity contribution in [2.75, 3.05) is 6.61 Å². The number of carboxylic acid groups (broad SMARTS) is 1. The molecule has 0 aliphatic rings. The molecule has 0 fully saturated rings. The summed E-state index contributed by atoms with van der Waals surface area (Å²) in [7, 11) is -3.75. The lowest BCUT2D eigenvalue weighted by atomic mass is 10.3. The number of carbonyl (C=O) groups is 1. The molecule has 0 heterocycles. The molecule has 0 radical (unpaired) electrons. The van der Waals surface area contributed by atoms with Crippen LogP contribution in [-0.4, -0.2) is 31.3 Å². The maximum absolute atomic E-state index is 11.8. The third kappa shape index (κ3) is 5.66. The minimum atomic E-state index is -3.75. The highest BCUT2D eigenvalue weighted by atomic mass is 32.2. The summed E-state index contributed by atoms with van der Waals surface area (Å²) >= 11 is 4.72. The summed E-state index contributed by atoms with van der Waals surface area (Å²) in [6.45, 7) is 0.0441. The minimum Gasteiger partial charge on any atom is -0.481 e. The first-order valence-electron chi connectivity index (χ1n) is 5.38. The summed E-state index contributed by atoms with van der Waals surface area (Å²) in [5, 5.41) is 8.12. The standard InChI is InChI=1S/C11H13NO5S2/c13-10(14)7-4-8-17-11(18)12-19(15,16)9-5-2-1-3-6-9/h1-3,5-6H,4,7-8H2,(H,12,18)(H,13,14). The first-order valence-corrected chi connectivity index (χ1v) is 7.27. The summed E-state index contributed by atoms with van der Waals surface area (Å²) in [6.07, 6.45) is 0.191. The van der Waals surface area contributed by atoms with Gasteiger partial charge in [0.25, 0.3) is 15.2 Å². The molecule has 1 aromatic rings. The molecule has 0 spiro atoms. The number of hydrogen-bond donors (Lipinski definition) is 2. The van der Waals surface area contributed by atoms with Crippen molar-refractivity contribution < 1.29 is 23.1 Å². The van der Waals surface area contributed by atoms with Gasteiger partial charge in [0.15, 0.2) is 0 Å². The van der Waals surface area contributed by atoms with E-state index in [0.29, 0.717) is 0 Å². The van der Waals surface area contributed by atoms with E-state index in [0.717, 1.165) is 0 Å². The van der Waals surface area contributed by atoms with Crippen molar-refractivity contribution in [2.45, 2.75) is 17.7 Å². The molecule has 0 saturated carbocycles. The lowest BCUT2D eigenvalue weighted by Gasteiger charge is -2.09. The Labute approximate surface area is 116 Å². The number of nitrogens with one attached hydrogen (secondary N) is 1. The number of aliphatic carboxylic acids is 1. The van der Waals surface area contributed by atoms with Crippen LogP contribution in [0.15, 0.2) is 35.2 Å². The summed E-state index contributed by atoms with van der Waals surface area (Å²) < 4.78 is 30.6. The van der Waals surface area contributed by atoms with Crippen LogP contribution in [0.2, 0.25) is 0 Å². The second-order valence-electron chi connectivity index (χ2n) is 3.55. The maximum atomic E-state index is 11.8. The average molecular weight is 303 g/mol. The molecule has 2 N–H and O–H groups in total. The van der Waals surface area contributed by atoms with Crippen molar-refractivity contribution in [3.8, 4) is 0 Å². The minimum absolute atomic E-state index is 0.0441. The molecular weight excluding hydrogens is 290 g/mol. The van der Waals surface area contributed by atoms with Crippen molar-refractivity contribution in [3.05, 3.63) is 30.3 Å². The highest BCUT2D eigenvalue weighted by molar-refractivity contribution is 7.91. The van der Waals surface area contributed by atoms with Crippen molar-refractivity contribution >= 4 is 33.4 Å². The molecule has 0 amide bonds. The van der Waals surface area contributed by atoms with Crippen LogP contribution in [0.3, 0.4) is 0 Å². The largest absolute Gasteiger partial charge is 0.481 e. The van der Waals surface area contributed by atoms with Crippen molar-refractivity contribution in [3.63, 3.8) is 0 Å². The summed E-state index contributed by atoms with van der Waals surface area (Å²) in [5.74, 6) is -0.945. The summed E-state index contributed by atoms with van der Waals surface area (Å²) in [5.41, 5.74) is 0. The number of hydrogen-bond acceptors (Lipinski definition) is 5. The Morgan fingerprint density at radius 2 is 1.95 bits per heavy atom. The number of thiocarbonyl (C=S) groups is 1. The molecule has 0 bridgehead atoms. The molecule has 0 unspecified atom stereocenters. The molecular formula is C11H13NO5S2. The van der Waals surface area contributed by atoms with Crippen LogP contribution in [-0.2, 0) is 19.6 Å². The lowest BCUT2D eigenvalue weighted by Crippen LogP contribution is -2.31. The smallest absolute Gasteiger partial charge is 0.303 e.